The summed E-state index contributed by atoms with van der Waals surface area (Å²) in [5, 5.41) is 10.7. The van der Waals surface area contributed by atoms with Crippen molar-refractivity contribution in [2.24, 2.45) is 0 Å². The molecule has 0 N–H and O–H groups in total. The van der Waals surface area contributed by atoms with Crippen molar-refractivity contribution in [3.8, 4) is 4.37 Å². The first-order chi connectivity index (χ1) is 38.1. The molecule has 9 aromatic rings. The van der Waals surface area contributed by atoms with Crippen LogP contribution in [0.3, 0.4) is 0 Å². The van der Waals surface area contributed by atoms with Gasteiger partial charge in [-0.1, -0.05) is 158 Å². The van der Waals surface area contributed by atoms with E-state index in [0.29, 0.717) is 0 Å². The summed E-state index contributed by atoms with van der Waals surface area (Å²) < 4.78 is 3.96. The van der Waals surface area contributed by atoms with E-state index in [1.54, 1.807) is 0 Å². The van der Waals surface area contributed by atoms with Gasteiger partial charge in [0.25, 0.3) is 0 Å². The molecule has 0 spiro atoms. The summed E-state index contributed by atoms with van der Waals surface area (Å²) in [5.74, 6) is 0. The molecule has 77 heavy (non-hydrogen) atoms. The molecular weight excluding hydrogens is 1140 g/mol. The van der Waals surface area contributed by atoms with Crippen LogP contribution in [0.15, 0.2) is 307 Å². The van der Waals surface area contributed by atoms with Gasteiger partial charge < -0.3 is 0 Å². The second-order valence-electron chi connectivity index (χ2n) is 19.7. The zero-order valence-electron chi connectivity index (χ0n) is 43.7. The van der Waals surface area contributed by atoms with E-state index >= 15 is 0 Å². The molecule has 373 valence electrons. The molecule has 0 aromatic heterocycles. The van der Waals surface area contributed by atoms with Crippen LogP contribution < -0.4 is 26.3 Å². The van der Waals surface area contributed by atoms with Crippen molar-refractivity contribution in [1.29, 1.82) is 0 Å². The van der Waals surface area contributed by atoms with Gasteiger partial charge >= 0.3 is 290 Å². The number of hydrogen-bond acceptors (Lipinski definition) is 0. The molecule has 1 fully saturated rings. The van der Waals surface area contributed by atoms with Gasteiger partial charge in [0.05, 0.1) is 0 Å². The molecule has 0 saturated heterocycles. The maximum absolute atomic E-state index is 3.96. The zero-order valence-corrected chi connectivity index (χ0v) is 48.1. The Morgan fingerprint density at radius 1 is 0.429 bits per heavy atom. The molecule has 9 aromatic carbocycles. The third-order valence-electron chi connectivity index (χ3n) is 15.4. The molecular formula is C74H61OsPSi+. The van der Waals surface area contributed by atoms with E-state index in [2.05, 4.69) is 316 Å². The summed E-state index contributed by atoms with van der Waals surface area (Å²) in [6, 6.07) is 97.7. The van der Waals surface area contributed by atoms with Crippen molar-refractivity contribution in [2.45, 2.75) is 33.1 Å². The van der Waals surface area contributed by atoms with Crippen LogP contribution in [-0.4, -0.2) is 8.07 Å². The van der Waals surface area contributed by atoms with E-state index in [4.69, 9.17) is 0 Å². The third kappa shape index (κ3) is 9.86. The number of rotatable bonds is 14. The summed E-state index contributed by atoms with van der Waals surface area (Å²) in [4.78, 5) is 0. The number of allylic oxidation sites excluding steroid dienone is 10. The SMILES string of the molecule is CC=C1CCCC1=CC(/C=C/c1ccc(C2=C(c3ccccc3)C(c3ccccc3)=C(c3ccc(/C=C/C)cc3)[Si]2(c2ccccc2)c2ccccc2)cc1)=C([C]#[Os])[P+](c1ccccc1)(c1ccccc1)c1ccccc1. The van der Waals surface area contributed by atoms with Crippen molar-refractivity contribution in [2.75, 3.05) is 0 Å². The number of benzene rings is 9. The second-order valence-corrected chi connectivity index (χ2v) is 27.3. The van der Waals surface area contributed by atoms with Crippen molar-refractivity contribution in [1.82, 2.24) is 0 Å². The average Bonchev–Trinajstić information content (AvgIpc) is 4.22. The molecule has 1 aliphatic heterocycles. The molecule has 1 saturated carbocycles. The Hall–Kier alpha value is -7.78. The van der Waals surface area contributed by atoms with Crippen LogP contribution in [0.5, 0.6) is 0 Å². The molecule has 0 bridgehead atoms. The monoisotopic (exact) mass is 1200 g/mol. The first-order valence-electron chi connectivity index (χ1n) is 26.8. The van der Waals surface area contributed by atoms with Crippen LogP contribution in [0.2, 0.25) is 0 Å². The Morgan fingerprint density at radius 3 is 1.19 bits per heavy atom. The summed E-state index contributed by atoms with van der Waals surface area (Å²) in [6.07, 6.45) is 17.2. The van der Waals surface area contributed by atoms with E-state index in [9.17, 15) is 0 Å². The fourth-order valence-corrected chi connectivity index (χ4v) is 23.5. The third-order valence-corrected chi connectivity index (χ3v) is 25.7. The Labute approximate surface area is 468 Å². The van der Waals surface area contributed by atoms with Gasteiger partial charge in [-0.05, 0) is 23.6 Å². The van der Waals surface area contributed by atoms with Gasteiger partial charge in [-0.2, -0.15) is 0 Å². The van der Waals surface area contributed by atoms with Crippen LogP contribution in [0.25, 0.3) is 33.7 Å². The summed E-state index contributed by atoms with van der Waals surface area (Å²) in [7, 11) is -5.65. The first kappa shape index (κ1) is 51.3. The quantitative estimate of drug-likeness (QED) is 0.0578. The van der Waals surface area contributed by atoms with E-state index in [-0.39, 0.29) is 0 Å². The van der Waals surface area contributed by atoms with Gasteiger partial charge in [-0.3, -0.25) is 0 Å². The van der Waals surface area contributed by atoms with E-state index in [1.807, 2.05) is 17.9 Å². The van der Waals surface area contributed by atoms with Crippen molar-refractivity contribution >= 4 is 75.3 Å². The molecule has 0 amide bonds. The van der Waals surface area contributed by atoms with Crippen LogP contribution in [0, 0.1) is 4.37 Å². The molecule has 0 atom stereocenters. The molecule has 1 heterocycles. The van der Waals surface area contributed by atoms with Crippen LogP contribution in [-0.2, 0) is 17.9 Å². The van der Waals surface area contributed by atoms with Crippen molar-refractivity contribution in [3.63, 3.8) is 0 Å². The Balaban J connectivity index is 1.17. The Kier molecular flexibility index (Phi) is 15.8. The normalized spacial score (nSPS) is 15.9. The standard InChI is InChI=1S/C74H61PSi.Os/c1-4-28-57-45-50-62(51-46-57)73-71(60-29-13-6-14-30-60)72(61-31-15-7-16-32-61)74(76(73,69-41-23-11-24-42-69)70-43-25-12-26-44-70)63-52-47-58(48-53-63)49-54-64(55-65-34-27-33-59(65)5-2)56(3)75(66-35-17-8-18-36-66,67-37-19-9-20-38-67)68-39-21-10-22-40-68;/h4-26,28-32,35-55H,27,33-34H2,1-2H3;/q+1;/b28-4+,54-49+,59-5?,64-56?,65-55?;. The topological polar surface area (TPSA) is 0 Å². The molecule has 0 nitrogen and oxygen atoms in total. The van der Waals surface area contributed by atoms with Crippen LogP contribution in [0.4, 0.5) is 0 Å². The van der Waals surface area contributed by atoms with Crippen LogP contribution >= 0.6 is 7.26 Å². The predicted octanol–water partition coefficient (Wildman–Crippen LogP) is 16.4. The average molecular weight is 1200 g/mol. The Morgan fingerprint density at radius 2 is 0.805 bits per heavy atom. The Bertz CT molecular complexity index is 3630. The van der Waals surface area contributed by atoms with Gasteiger partial charge in [-0.15, -0.1) is 0 Å². The summed E-state index contributed by atoms with van der Waals surface area (Å²) in [6.45, 7) is 4.29. The van der Waals surface area contributed by atoms with E-state index in [1.165, 1.54) is 104 Å². The minimum atomic E-state index is -3.18. The molecule has 11 rings (SSSR count). The summed E-state index contributed by atoms with van der Waals surface area (Å²) in [5.41, 5.74) is 13.9. The fourth-order valence-electron chi connectivity index (χ4n) is 12.0. The number of hydrogen-bond donors (Lipinski definition) is 0. The molecule has 3 heteroatoms. The first-order valence-corrected chi connectivity index (χ1v) is 31.9. The summed E-state index contributed by atoms with van der Waals surface area (Å²) >= 11 is 1.86. The van der Waals surface area contributed by atoms with Crippen molar-refractivity contribution < 1.29 is 17.9 Å². The van der Waals surface area contributed by atoms with E-state index < -0.39 is 15.3 Å². The molecule has 1 aliphatic carbocycles. The van der Waals surface area contributed by atoms with Crippen LogP contribution in [0.1, 0.15) is 66.5 Å². The zero-order chi connectivity index (χ0) is 52.4. The molecule has 0 radical (unpaired) electrons. The van der Waals surface area contributed by atoms with E-state index in [0.717, 1.165) is 18.4 Å². The van der Waals surface area contributed by atoms with Gasteiger partial charge in [0.2, 0.25) is 0 Å². The second kappa shape index (κ2) is 23.6. The fraction of sp³-hybridized carbons (Fsp3) is 0.0676. The molecule has 2 aliphatic rings. The van der Waals surface area contributed by atoms with Crippen molar-refractivity contribution in [3.05, 3.63) is 341 Å². The minimum absolute atomic E-state index is 1.06. The predicted molar refractivity (Wildman–Crippen MR) is 333 cm³/mol. The maximum atomic E-state index is 3.96. The van der Waals surface area contributed by atoms with Gasteiger partial charge in [0.15, 0.2) is 0 Å². The molecule has 0 unspecified atom stereocenters. The van der Waals surface area contributed by atoms with Gasteiger partial charge in [-0.25, -0.2) is 0 Å². The van der Waals surface area contributed by atoms with Gasteiger partial charge in [0, 0.05) is 0 Å². The van der Waals surface area contributed by atoms with Gasteiger partial charge in [0.1, 0.15) is 0 Å².